The van der Waals surface area contributed by atoms with Gasteiger partial charge in [-0.15, -0.1) is 0 Å². The molecule has 0 spiro atoms. The average molecular weight is 354 g/mol. The summed E-state index contributed by atoms with van der Waals surface area (Å²) in [5.74, 6) is 0.463. The molecule has 2 aromatic rings. The highest BCUT2D eigenvalue weighted by molar-refractivity contribution is 5.75. The Hall–Kier alpha value is -2.76. The molecular weight excluding hydrogens is 332 g/mol. The molecule has 6 nitrogen and oxygen atoms in total. The highest BCUT2D eigenvalue weighted by Crippen LogP contribution is 2.28. The van der Waals surface area contributed by atoms with Gasteiger partial charge in [0.2, 0.25) is 5.88 Å². The standard InChI is InChI=1S/C20H22N2O4/c1-2-25-20(24)15-4-7-17(8-5-15)26-19-10-6-16(12-22-19)18-9-3-14(13-23)11-21-18/h3,6,9-13,15,17H,2,4-5,7-8H2,1H3/t15-,17+. The molecule has 1 fully saturated rings. The van der Waals surface area contributed by atoms with Gasteiger partial charge < -0.3 is 9.47 Å². The number of carbonyl (C=O) groups is 2. The van der Waals surface area contributed by atoms with E-state index in [1.54, 1.807) is 18.3 Å². The predicted molar refractivity (Wildman–Crippen MR) is 95.9 cm³/mol. The van der Waals surface area contributed by atoms with E-state index in [0.717, 1.165) is 43.2 Å². The Morgan fingerprint density at radius 2 is 1.92 bits per heavy atom. The molecule has 1 aliphatic carbocycles. The number of hydrogen-bond donors (Lipinski definition) is 0. The molecule has 0 amide bonds. The lowest BCUT2D eigenvalue weighted by Gasteiger charge is -2.27. The zero-order valence-corrected chi connectivity index (χ0v) is 14.8. The summed E-state index contributed by atoms with van der Waals surface area (Å²) in [6.07, 6.45) is 7.30. The van der Waals surface area contributed by atoms with Gasteiger partial charge in [0.05, 0.1) is 18.2 Å². The predicted octanol–water partition coefficient (Wildman–Crippen LogP) is 3.46. The van der Waals surface area contributed by atoms with Crippen molar-refractivity contribution < 1.29 is 19.1 Å². The lowest BCUT2D eigenvalue weighted by atomic mass is 9.87. The highest BCUT2D eigenvalue weighted by atomic mass is 16.5. The minimum Gasteiger partial charge on any atom is -0.474 e. The second-order valence-corrected chi connectivity index (χ2v) is 6.32. The van der Waals surface area contributed by atoms with Crippen LogP contribution < -0.4 is 4.74 Å². The van der Waals surface area contributed by atoms with Crippen molar-refractivity contribution in [3.63, 3.8) is 0 Å². The van der Waals surface area contributed by atoms with Crippen molar-refractivity contribution >= 4 is 12.3 Å². The first-order valence-electron chi connectivity index (χ1n) is 8.90. The molecule has 2 heterocycles. The molecule has 0 atom stereocenters. The molecule has 0 saturated heterocycles. The zero-order valence-electron chi connectivity index (χ0n) is 14.8. The molecule has 1 saturated carbocycles. The molecule has 0 N–H and O–H groups in total. The maximum absolute atomic E-state index is 11.8. The van der Waals surface area contributed by atoms with Crippen LogP contribution in [0.1, 0.15) is 43.0 Å². The Kier molecular flexibility index (Phi) is 5.94. The minimum absolute atomic E-state index is 0.00875. The molecule has 0 aromatic carbocycles. The van der Waals surface area contributed by atoms with E-state index in [2.05, 4.69) is 9.97 Å². The van der Waals surface area contributed by atoms with Crippen LogP contribution in [-0.2, 0) is 9.53 Å². The third-order valence-corrected chi connectivity index (χ3v) is 4.54. The monoisotopic (exact) mass is 354 g/mol. The van der Waals surface area contributed by atoms with Crippen LogP contribution >= 0.6 is 0 Å². The van der Waals surface area contributed by atoms with Gasteiger partial charge in [-0.2, -0.15) is 0 Å². The van der Waals surface area contributed by atoms with Crippen LogP contribution in [0.15, 0.2) is 36.7 Å². The second kappa shape index (κ2) is 8.56. The molecule has 6 heteroatoms. The van der Waals surface area contributed by atoms with Crippen molar-refractivity contribution in [1.82, 2.24) is 9.97 Å². The van der Waals surface area contributed by atoms with Crippen molar-refractivity contribution in [3.8, 4) is 17.1 Å². The molecule has 0 bridgehead atoms. The first-order chi connectivity index (χ1) is 12.7. The van der Waals surface area contributed by atoms with Gasteiger partial charge in [0.1, 0.15) is 6.10 Å². The van der Waals surface area contributed by atoms with Crippen molar-refractivity contribution in [1.29, 1.82) is 0 Å². The van der Waals surface area contributed by atoms with Gasteiger partial charge in [0.25, 0.3) is 0 Å². The molecule has 3 rings (SSSR count). The van der Waals surface area contributed by atoms with Crippen LogP contribution in [0.5, 0.6) is 5.88 Å². The number of ether oxygens (including phenoxy) is 2. The second-order valence-electron chi connectivity index (χ2n) is 6.32. The number of aldehydes is 1. The van der Waals surface area contributed by atoms with Crippen LogP contribution in [0.4, 0.5) is 0 Å². The van der Waals surface area contributed by atoms with Gasteiger partial charge in [-0.25, -0.2) is 4.98 Å². The third kappa shape index (κ3) is 4.45. The average Bonchev–Trinajstić information content (AvgIpc) is 2.69. The number of carbonyl (C=O) groups excluding carboxylic acids is 2. The summed E-state index contributed by atoms with van der Waals surface area (Å²) in [5.41, 5.74) is 2.16. The first-order valence-corrected chi connectivity index (χ1v) is 8.90. The summed E-state index contributed by atoms with van der Waals surface area (Å²) in [6.45, 7) is 2.26. The number of esters is 1. The molecule has 0 radical (unpaired) electrons. The Bertz CT molecular complexity index is 735. The van der Waals surface area contributed by atoms with Gasteiger partial charge in [-0.1, -0.05) is 0 Å². The lowest BCUT2D eigenvalue weighted by Crippen LogP contribution is -2.29. The summed E-state index contributed by atoms with van der Waals surface area (Å²) in [5, 5.41) is 0. The highest BCUT2D eigenvalue weighted by Gasteiger charge is 2.28. The van der Waals surface area contributed by atoms with Gasteiger partial charge in [-0.05, 0) is 50.8 Å². The Morgan fingerprint density at radius 3 is 2.50 bits per heavy atom. The summed E-state index contributed by atoms with van der Waals surface area (Å²) >= 11 is 0. The Labute approximate surface area is 152 Å². The van der Waals surface area contributed by atoms with E-state index in [9.17, 15) is 9.59 Å². The maximum atomic E-state index is 11.8. The van der Waals surface area contributed by atoms with Crippen molar-refractivity contribution in [2.75, 3.05) is 6.61 Å². The number of nitrogens with zero attached hydrogens (tertiary/aromatic N) is 2. The van der Waals surface area contributed by atoms with Gasteiger partial charge >= 0.3 is 5.97 Å². The molecule has 0 unspecified atom stereocenters. The van der Waals surface area contributed by atoms with Crippen LogP contribution in [0, 0.1) is 5.92 Å². The fourth-order valence-electron chi connectivity index (χ4n) is 3.09. The quantitative estimate of drug-likeness (QED) is 0.584. The number of aromatic nitrogens is 2. The Balaban J connectivity index is 1.55. The summed E-state index contributed by atoms with van der Waals surface area (Å²) in [7, 11) is 0. The van der Waals surface area contributed by atoms with Crippen molar-refractivity contribution in [2.45, 2.75) is 38.7 Å². The normalized spacial score (nSPS) is 19.6. The van der Waals surface area contributed by atoms with Crippen molar-refractivity contribution in [3.05, 3.63) is 42.2 Å². The van der Waals surface area contributed by atoms with E-state index in [1.165, 1.54) is 6.20 Å². The number of hydrogen-bond acceptors (Lipinski definition) is 6. The Morgan fingerprint density at radius 1 is 1.12 bits per heavy atom. The molecule has 2 aromatic heterocycles. The van der Waals surface area contributed by atoms with Gasteiger partial charge in [0.15, 0.2) is 6.29 Å². The van der Waals surface area contributed by atoms with E-state index in [4.69, 9.17) is 9.47 Å². The smallest absolute Gasteiger partial charge is 0.308 e. The van der Waals surface area contributed by atoms with Crippen LogP contribution in [0.2, 0.25) is 0 Å². The fourth-order valence-corrected chi connectivity index (χ4v) is 3.09. The van der Waals surface area contributed by atoms with Crippen LogP contribution in [0.25, 0.3) is 11.3 Å². The lowest BCUT2D eigenvalue weighted by molar-refractivity contribution is -0.149. The number of pyridine rings is 2. The summed E-state index contributed by atoms with van der Waals surface area (Å²) in [4.78, 5) is 31.1. The summed E-state index contributed by atoms with van der Waals surface area (Å²) in [6, 6.07) is 7.23. The van der Waals surface area contributed by atoms with Crippen LogP contribution in [0.3, 0.4) is 0 Å². The first kappa shape index (κ1) is 18.0. The van der Waals surface area contributed by atoms with E-state index in [-0.39, 0.29) is 18.0 Å². The molecule has 26 heavy (non-hydrogen) atoms. The van der Waals surface area contributed by atoms with E-state index < -0.39 is 0 Å². The molecular formula is C20H22N2O4. The topological polar surface area (TPSA) is 78.4 Å². The van der Waals surface area contributed by atoms with Gasteiger partial charge in [-0.3, -0.25) is 14.6 Å². The SMILES string of the molecule is CCOC(=O)[C@H]1CC[C@@H](Oc2ccc(-c3ccc(C=O)cn3)cn2)CC1. The van der Waals surface area contributed by atoms with E-state index >= 15 is 0 Å². The minimum atomic E-state index is -0.0958. The molecule has 136 valence electrons. The maximum Gasteiger partial charge on any atom is 0.308 e. The van der Waals surface area contributed by atoms with Crippen LogP contribution in [-0.4, -0.2) is 34.9 Å². The third-order valence-electron chi connectivity index (χ3n) is 4.54. The molecule has 0 aliphatic heterocycles. The summed E-state index contributed by atoms with van der Waals surface area (Å²) < 4.78 is 11.0. The van der Waals surface area contributed by atoms with Crippen molar-refractivity contribution in [2.24, 2.45) is 5.92 Å². The van der Waals surface area contributed by atoms with E-state index in [0.29, 0.717) is 18.1 Å². The zero-order chi connectivity index (χ0) is 18.4. The van der Waals surface area contributed by atoms with Gasteiger partial charge in [0, 0.05) is 29.6 Å². The molecule has 1 aliphatic rings. The fraction of sp³-hybridized carbons (Fsp3) is 0.400. The largest absolute Gasteiger partial charge is 0.474 e. The van der Waals surface area contributed by atoms with E-state index in [1.807, 2.05) is 19.1 Å². The number of rotatable bonds is 6.